The van der Waals surface area contributed by atoms with Crippen LogP contribution in [-0.2, 0) is 9.53 Å². The number of hydrogen-bond acceptors (Lipinski definition) is 4. The lowest BCUT2D eigenvalue weighted by molar-refractivity contribution is -0.152. The summed E-state index contributed by atoms with van der Waals surface area (Å²) in [5, 5.41) is 9.19. The van der Waals surface area contributed by atoms with Crippen molar-refractivity contribution in [1.29, 1.82) is 0 Å². The van der Waals surface area contributed by atoms with Crippen LogP contribution in [0.25, 0.3) is 0 Å². The van der Waals surface area contributed by atoms with Crippen molar-refractivity contribution in [3.8, 4) is 0 Å². The summed E-state index contributed by atoms with van der Waals surface area (Å²) in [7, 11) is 0. The van der Waals surface area contributed by atoms with Gasteiger partial charge in [-0.15, -0.1) is 11.8 Å². The lowest BCUT2D eigenvalue weighted by Gasteiger charge is -2.36. The first-order chi connectivity index (χ1) is 11.4. The number of benzene rings is 1. The van der Waals surface area contributed by atoms with Crippen molar-refractivity contribution < 1.29 is 19.4 Å². The molecule has 1 aliphatic carbocycles. The Kier molecular flexibility index (Phi) is 6.72. The summed E-state index contributed by atoms with van der Waals surface area (Å²) in [4.78, 5) is 24.1. The van der Waals surface area contributed by atoms with E-state index in [9.17, 15) is 14.7 Å². The van der Waals surface area contributed by atoms with Gasteiger partial charge in [-0.25, -0.2) is 4.79 Å². The molecule has 1 aliphatic rings. The average Bonchev–Trinajstić information content (AvgIpc) is 2.53. The SMILES string of the molecule is CC(C)[C@@H]1CC[C@H](C)C[C@@H]1OC(=O)CSc1ccccc1C(=O)O. The van der Waals surface area contributed by atoms with E-state index in [1.807, 2.05) is 0 Å². The van der Waals surface area contributed by atoms with Crippen LogP contribution in [0.3, 0.4) is 0 Å². The molecule has 3 atom stereocenters. The summed E-state index contributed by atoms with van der Waals surface area (Å²) in [6, 6.07) is 6.73. The van der Waals surface area contributed by atoms with E-state index in [4.69, 9.17) is 4.74 Å². The Morgan fingerprint density at radius 3 is 2.67 bits per heavy atom. The van der Waals surface area contributed by atoms with Crippen LogP contribution in [0.2, 0.25) is 0 Å². The molecule has 5 heteroatoms. The number of carboxylic acids is 1. The van der Waals surface area contributed by atoms with Gasteiger partial charge in [-0.05, 0) is 42.7 Å². The Bertz CT molecular complexity index is 584. The summed E-state index contributed by atoms with van der Waals surface area (Å²) in [5.74, 6) is 0.396. The van der Waals surface area contributed by atoms with Crippen LogP contribution in [0.1, 0.15) is 50.4 Å². The van der Waals surface area contributed by atoms with Gasteiger partial charge in [0.1, 0.15) is 6.10 Å². The van der Waals surface area contributed by atoms with Gasteiger partial charge in [-0.1, -0.05) is 39.3 Å². The molecular weight excluding hydrogens is 324 g/mol. The maximum absolute atomic E-state index is 12.3. The smallest absolute Gasteiger partial charge is 0.336 e. The second-order valence-corrected chi connectivity index (χ2v) is 7.96. The van der Waals surface area contributed by atoms with Crippen molar-refractivity contribution in [3.63, 3.8) is 0 Å². The molecule has 24 heavy (non-hydrogen) atoms. The third kappa shape index (κ3) is 5.00. The molecule has 0 aliphatic heterocycles. The molecule has 0 heterocycles. The first-order valence-electron chi connectivity index (χ1n) is 8.53. The fourth-order valence-electron chi connectivity index (χ4n) is 3.36. The molecule has 1 saturated carbocycles. The minimum absolute atomic E-state index is 0.0171. The van der Waals surface area contributed by atoms with E-state index >= 15 is 0 Å². The normalized spacial score (nSPS) is 23.9. The highest BCUT2D eigenvalue weighted by Crippen LogP contribution is 2.35. The predicted octanol–water partition coefficient (Wildman–Crippen LogP) is 4.48. The summed E-state index contributed by atoms with van der Waals surface area (Å²) >= 11 is 1.23. The molecule has 4 nitrogen and oxygen atoms in total. The highest BCUT2D eigenvalue weighted by Gasteiger charge is 2.33. The van der Waals surface area contributed by atoms with Crippen LogP contribution in [0.4, 0.5) is 0 Å². The number of rotatable bonds is 6. The van der Waals surface area contributed by atoms with Crippen LogP contribution in [0, 0.1) is 17.8 Å². The third-order valence-electron chi connectivity index (χ3n) is 4.71. The number of esters is 1. The van der Waals surface area contributed by atoms with Gasteiger partial charge in [0.15, 0.2) is 0 Å². The van der Waals surface area contributed by atoms with Gasteiger partial charge in [0, 0.05) is 4.90 Å². The molecule has 1 fully saturated rings. The topological polar surface area (TPSA) is 63.6 Å². The largest absolute Gasteiger partial charge is 0.478 e. The summed E-state index contributed by atoms with van der Waals surface area (Å²) in [5.41, 5.74) is 0.224. The van der Waals surface area contributed by atoms with E-state index in [1.54, 1.807) is 24.3 Å². The lowest BCUT2D eigenvalue weighted by Crippen LogP contribution is -2.36. The van der Waals surface area contributed by atoms with Crippen molar-refractivity contribution in [3.05, 3.63) is 29.8 Å². The van der Waals surface area contributed by atoms with Gasteiger partial charge in [-0.2, -0.15) is 0 Å². The number of carbonyl (C=O) groups is 2. The van der Waals surface area contributed by atoms with Crippen LogP contribution in [-0.4, -0.2) is 28.9 Å². The first kappa shape index (κ1) is 18.8. The van der Waals surface area contributed by atoms with E-state index in [-0.39, 0.29) is 23.4 Å². The van der Waals surface area contributed by atoms with Crippen molar-refractivity contribution in [2.75, 3.05) is 5.75 Å². The van der Waals surface area contributed by atoms with E-state index in [0.717, 1.165) is 12.8 Å². The molecule has 0 radical (unpaired) electrons. The summed E-state index contributed by atoms with van der Waals surface area (Å²) < 4.78 is 5.75. The van der Waals surface area contributed by atoms with Gasteiger partial charge in [0.05, 0.1) is 11.3 Å². The van der Waals surface area contributed by atoms with Crippen LogP contribution in [0.15, 0.2) is 29.2 Å². The zero-order chi connectivity index (χ0) is 17.7. The number of thioether (sulfide) groups is 1. The molecule has 2 rings (SSSR count). The minimum atomic E-state index is -0.979. The highest BCUT2D eigenvalue weighted by atomic mass is 32.2. The zero-order valence-corrected chi connectivity index (χ0v) is 15.3. The molecule has 0 bridgehead atoms. The van der Waals surface area contributed by atoms with Gasteiger partial charge < -0.3 is 9.84 Å². The number of carboxylic acid groups (broad SMARTS) is 1. The van der Waals surface area contributed by atoms with Crippen molar-refractivity contribution in [2.24, 2.45) is 17.8 Å². The molecule has 0 aromatic heterocycles. The molecule has 0 saturated heterocycles. The Labute approximate surface area is 148 Å². The van der Waals surface area contributed by atoms with Gasteiger partial charge >= 0.3 is 11.9 Å². The third-order valence-corrected chi connectivity index (χ3v) is 5.75. The van der Waals surface area contributed by atoms with E-state index in [1.165, 1.54) is 18.2 Å². The molecule has 1 aromatic carbocycles. The van der Waals surface area contributed by atoms with E-state index in [0.29, 0.717) is 22.6 Å². The van der Waals surface area contributed by atoms with Crippen LogP contribution < -0.4 is 0 Å². The van der Waals surface area contributed by atoms with Crippen molar-refractivity contribution in [2.45, 2.75) is 51.0 Å². The Morgan fingerprint density at radius 1 is 1.29 bits per heavy atom. The molecule has 1 N–H and O–H groups in total. The van der Waals surface area contributed by atoms with Crippen molar-refractivity contribution in [1.82, 2.24) is 0 Å². The number of carbonyl (C=O) groups excluding carboxylic acids is 1. The zero-order valence-electron chi connectivity index (χ0n) is 14.5. The monoisotopic (exact) mass is 350 g/mol. The summed E-state index contributed by atoms with van der Waals surface area (Å²) in [6.07, 6.45) is 3.20. The maximum Gasteiger partial charge on any atom is 0.336 e. The van der Waals surface area contributed by atoms with Crippen LogP contribution >= 0.6 is 11.8 Å². The van der Waals surface area contributed by atoms with Crippen LogP contribution in [0.5, 0.6) is 0 Å². The molecule has 132 valence electrons. The highest BCUT2D eigenvalue weighted by molar-refractivity contribution is 8.00. The number of aromatic carboxylic acids is 1. The molecule has 0 spiro atoms. The van der Waals surface area contributed by atoms with E-state index < -0.39 is 5.97 Å². The second-order valence-electron chi connectivity index (χ2n) is 6.94. The lowest BCUT2D eigenvalue weighted by atomic mass is 9.75. The summed E-state index contributed by atoms with van der Waals surface area (Å²) in [6.45, 7) is 6.56. The molecule has 1 aromatic rings. The number of ether oxygens (including phenoxy) is 1. The molecule has 0 amide bonds. The fraction of sp³-hybridized carbons (Fsp3) is 0.579. The van der Waals surface area contributed by atoms with Crippen molar-refractivity contribution >= 4 is 23.7 Å². The van der Waals surface area contributed by atoms with E-state index in [2.05, 4.69) is 20.8 Å². The maximum atomic E-state index is 12.3. The fourth-order valence-corrected chi connectivity index (χ4v) is 4.19. The standard InChI is InChI=1S/C19H26O4S/c1-12(2)14-9-8-13(3)10-16(14)23-18(20)11-24-17-7-5-4-6-15(17)19(21)22/h4-7,12-14,16H,8-11H2,1-3H3,(H,21,22)/t13-,14-,16-/m0/s1. The quantitative estimate of drug-likeness (QED) is 0.605. The van der Waals surface area contributed by atoms with Gasteiger partial charge in [-0.3, -0.25) is 4.79 Å². The Morgan fingerprint density at radius 2 is 2.00 bits per heavy atom. The van der Waals surface area contributed by atoms with Gasteiger partial charge in [0.2, 0.25) is 0 Å². The first-order valence-corrected chi connectivity index (χ1v) is 9.51. The second kappa shape index (κ2) is 8.56. The Hall–Kier alpha value is -1.49. The Balaban J connectivity index is 1.94. The molecule has 0 unspecified atom stereocenters. The number of hydrogen-bond donors (Lipinski definition) is 1. The average molecular weight is 350 g/mol. The molecular formula is C19H26O4S. The minimum Gasteiger partial charge on any atom is -0.478 e. The predicted molar refractivity (Wildman–Crippen MR) is 95.3 cm³/mol. The van der Waals surface area contributed by atoms with Gasteiger partial charge in [0.25, 0.3) is 0 Å².